The van der Waals surface area contributed by atoms with Crippen LogP contribution in [0.15, 0.2) is 21.9 Å². The van der Waals surface area contributed by atoms with Crippen LogP contribution in [0.4, 0.5) is 5.69 Å². The number of aromatic nitrogens is 4. The Kier molecular flexibility index (Phi) is 3.23. The van der Waals surface area contributed by atoms with E-state index in [0.717, 1.165) is 19.5 Å². The van der Waals surface area contributed by atoms with E-state index < -0.39 is 11.2 Å². The van der Waals surface area contributed by atoms with Crippen molar-refractivity contribution >= 4 is 5.69 Å². The number of H-pyrrole nitrogens is 2. The predicted octanol–water partition coefficient (Wildman–Crippen LogP) is 0.772. The Morgan fingerprint density at radius 3 is 2.79 bits per heavy atom. The standard InChI is InChI=1S/C16H16N6O2/c17-7-12-13(22-5-1-2-16(9-22)3-4-16)6-11(20-21-12)10-8-18-15(24)19-14(10)23/h6,8H,1-5,9H2,(H2,18,19,23,24). The van der Waals surface area contributed by atoms with Crippen LogP contribution in [-0.4, -0.2) is 33.3 Å². The number of nitrogens with one attached hydrogen (secondary N) is 2. The molecule has 1 saturated carbocycles. The summed E-state index contributed by atoms with van der Waals surface area (Å²) in [4.78, 5) is 29.9. The Morgan fingerprint density at radius 1 is 1.25 bits per heavy atom. The maximum Gasteiger partial charge on any atom is 0.325 e. The van der Waals surface area contributed by atoms with Crippen molar-refractivity contribution in [3.8, 4) is 17.3 Å². The van der Waals surface area contributed by atoms with Crippen molar-refractivity contribution in [2.45, 2.75) is 25.7 Å². The quantitative estimate of drug-likeness (QED) is 0.842. The van der Waals surface area contributed by atoms with E-state index in [1.165, 1.54) is 25.5 Å². The Hall–Kier alpha value is -2.95. The molecule has 0 radical (unpaired) electrons. The van der Waals surface area contributed by atoms with Gasteiger partial charge in [0.1, 0.15) is 11.8 Å². The first-order valence-electron chi connectivity index (χ1n) is 7.95. The zero-order chi connectivity index (χ0) is 16.7. The van der Waals surface area contributed by atoms with E-state index in [2.05, 4.69) is 31.1 Å². The van der Waals surface area contributed by atoms with Crippen LogP contribution in [0.1, 0.15) is 31.4 Å². The lowest BCUT2D eigenvalue weighted by molar-refractivity contribution is 0.395. The molecule has 24 heavy (non-hydrogen) atoms. The van der Waals surface area contributed by atoms with Crippen LogP contribution in [0.2, 0.25) is 0 Å². The third-order valence-corrected chi connectivity index (χ3v) is 4.93. The zero-order valence-electron chi connectivity index (χ0n) is 13.0. The zero-order valence-corrected chi connectivity index (χ0v) is 13.0. The molecule has 0 unspecified atom stereocenters. The monoisotopic (exact) mass is 324 g/mol. The number of hydrogen-bond acceptors (Lipinski definition) is 6. The third kappa shape index (κ3) is 2.48. The van der Waals surface area contributed by atoms with Gasteiger partial charge in [0.2, 0.25) is 0 Å². The molecule has 0 amide bonds. The summed E-state index contributed by atoms with van der Waals surface area (Å²) in [5.41, 5.74) is 0.835. The second kappa shape index (κ2) is 5.30. The number of nitriles is 1. The number of hydrogen-bond donors (Lipinski definition) is 2. The van der Waals surface area contributed by atoms with Gasteiger partial charge in [0.15, 0.2) is 5.69 Å². The highest BCUT2D eigenvalue weighted by Crippen LogP contribution is 2.52. The smallest absolute Gasteiger partial charge is 0.325 e. The Balaban J connectivity index is 1.77. The van der Waals surface area contributed by atoms with Crippen molar-refractivity contribution < 1.29 is 0 Å². The number of anilines is 1. The first-order valence-corrected chi connectivity index (χ1v) is 7.95. The van der Waals surface area contributed by atoms with Crippen molar-refractivity contribution in [1.82, 2.24) is 20.2 Å². The molecule has 2 N–H and O–H groups in total. The van der Waals surface area contributed by atoms with E-state index in [0.29, 0.717) is 16.8 Å². The normalized spacial score (nSPS) is 18.4. The molecule has 8 nitrogen and oxygen atoms in total. The number of piperidine rings is 1. The highest BCUT2D eigenvalue weighted by Gasteiger charge is 2.45. The van der Waals surface area contributed by atoms with E-state index in [1.807, 2.05) is 0 Å². The van der Waals surface area contributed by atoms with Gasteiger partial charge in [0, 0.05) is 19.3 Å². The fourth-order valence-corrected chi connectivity index (χ4v) is 3.43. The van der Waals surface area contributed by atoms with E-state index in [-0.39, 0.29) is 11.3 Å². The van der Waals surface area contributed by atoms with Gasteiger partial charge in [-0.15, -0.1) is 10.2 Å². The van der Waals surface area contributed by atoms with Gasteiger partial charge in [0.05, 0.1) is 11.3 Å². The molecule has 2 fully saturated rings. The molecule has 2 aliphatic rings. The summed E-state index contributed by atoms with van der Waals surface area (Å²) in [7, 11) is 0. The minimum absolute atomic E-state index is 0.228. The Labute approximate surface area is 137 Å². The molecule has 0 atom stereocenters. The maximum absolute atomic E-state index is 12.0. The van der Waals surface area contributed by atoms with Crippen LogP contribution >= 0.6 is 0 Å². The van der Waals surface area contributed by atoms with Gasteiger partial charge in [-0.1, -0.05) is 0 Å². The fourth-order valence-electron chi connectivity index (χ4n) is 3.43. The molecule has 2 aromatic heterocycles. The minimum atomic E-state index is -0.572. The van der Waals surface area contributed by atoms with Gasteiger partial charge in [-0.3, -0.25) is 9.78 Å². The fraction of sp³-hybridized carbons (Fsp3) is 0.438. The first-order chi connectivity index (χ1) is 11.6. The highest BCUT2D eigenvalue weighted by atomic mass is 16.2. The summed E-state index contributed by atoms with van der Waals surface area (Å²) < 4.78 is 0. The van der Waals surface area contributed by atoms with Crippen LogP contribution in [0, 0.1) is 16.7 Å². The topological polar surface area (TPSA) is 119 Å². The summed E-state index contributed by atoms with van der Waals surface area (Å²) in [6, 6.07) is 3.80. The average Bonchev–Trinajstić information content (AvgIpc) is 3.33. The molecule has 8 heteroatoms. The largest absolute Gasteiger partial charge is 0.369 e. The van der Waals surface area contributed by atoms with Crippen LogP contribution in [0.25, 0.3) is 11.3 Å². The van der Waals surface area contributed by atoms with Crippen molar-refractivity contribution in [3.05, 3.63) is 38.8 Å². The van der Waals surface area contributed by atoms with Gasteiger partial charge >= 0.3 is 5.69 Å². The molecule has 1 saturated heterocycles. The van der Waals surface area contributed by atoms with Crippen molar-refractivity contribution in [2.75, 3.05) is 18.0 Å². The van der Waals surface area contributed by atoms with E-state index >= 15 is 0 Å². The van der Waals surface area contributed by atoms with Crippen LogP contribution in [0.3, 0.4) is 0 Å². The predicted molar refractivity (Wildman–Crippen MR) is 86.5 cm³/mol. The van der Waals surface area contributed by atoms with Gasteiger partial charge in [-0.25, -0.2) is 4.79 Å². The molecule has 0 aromatic carbocycles. The van der Waals surface area contributed by atoms with Crippen LogP contribution in [-0.2, 0) is 0 Å². The second-order valence-electron chi connectivity index (χ2n) is 6.59. The van der Waals surface area contributed by atoms with Crippen molar-refractivity contribution in [2.24, 2.45) is 5.41 Å². The number of nitrogens with zero attached hydrogens (tertiary/aromatic N) is 4. The van der Waals surface area contributed by atoms with Crippen LogP contribution in [0.5, 0.6) is 0 Å². The van der Waals surface area contributed by atoms with E-state index in [1.54, 1.807) is 6.07 Å². The van der Waals surface area contributed by atoms with E-state index in [4.69, 9.17) is 0 Å². The summed E-state index contributed by atoms with van der Waals surface area (Å²) in [6.07, 6.45) is 6.10. The molecular formula is C16H16N6O2. The molecular weight excluding hydrogens is 308 g/mol. The molecule has 122 valence electrons. The number of rotatable bonds is 2. The summed E-state index contributed by atoms with van der Waals surface area (Å²) in [5.74, 6) is 0. The molecule has 4 rings (SSSR count). The molecule has 1 aliphatic heterocycles. The SMILES string of the molecule is N#Cc1nnc(-c2c[nH]c(=O)[nH]c2=O)cc1N1CCCC2(CC2)C1. The molecule has 2 aromatic rings. The maximum atomic E-state index is 12.0. The molecule has 0 bridgehead atoms. The second-order valence-corrected chi connectivity index (χ2v) is 6.59. The lowest BCUT2D eigenvalue weighted by atomic mass is 9.94. The molecule has 1 spiro atoms. The summed E-state index contributed by atoms with van der Waals surface area (Å²) in [5, 5.41) is 17.3. The summed E-state index contributed by atoms with van der Waals surface area (Å²) >= 11 is 0. The van der Waals surface area contributed by atoms with Gasteiger partial charge < -0.3 is 9.88 Å². The summed E-state index contributed by atoms with van der Waals surface area (Å²) in [6.45, 7) is 1.78. The molecule has 3 heterocycles. The van der Waals surface area contributed by atoms with Crippen LogP contribution < -0.4 is 16.1 Å². The third-order valence-electron chi connectivity index (χ3n) is 4.93. The van der Waals surface area contributed by atoms with Gasteiger partial charge in [0.25, 0.3) is 5.56 Å². The molecule has 1 aliphatic carbocycles. The lowest BCUT2D eigenvalue weighted by Gasteiger charge is -2.34. The van der Waals surface area contributed by atoms with Gasteiger partial charge in [-0.2, -0.15) is 5.26 Å². The Morgan fingerprint density at radius 2 is 2.08 bits per heavy atom. The highest BCUT2D eigenvalue weighted by molar-refractivity contribution is 5.66. The van der Waals surface area contributed by atoms with Crippen molar-refractivity contribution in [3.63, 3.8) is 0 Å². The Bertz CT molecular complexity index is 950. The van der Waals surface area contributed by atoms with Crippen molar-refractivity contribution in [1.29, 1.82) is 5.26 Å². The van der Waals surface area contributed by atoms with Gasteiger partial charge in [-0.05, 0) is 37.2 Å². The average molecular weight is 324 g/mol. The lowest BCUT2D eigenvalue weighted by Crippen LogP contribution is -2.37. The first kappa shape index (κ1) is 14.6. The minimum Gasteiger partial charge on any atom is -0.369 e. The van der Waals surface area contributed by atoms with E-state index in [9.17, 15) is 14.9 Å². The number of aromatic amines is 2.